The first-order valence-corrected chi connectivity index (χ1v) is 5.02. The van der Waals surface area contributed by atoms with Gasteiger partial charge in [0.05, 0.1) is 19.1 Å². The van der Waals surface area contributed by atoms with Crippen LogP contribution in [-0.2, 0) is 16.0 Å². The van der Waals surface area contributed by atoms with Gasteiger partial charge in [0.25, 0.3) is 0 Å². The van der Waals surface area contributed by atoms with Crippen LogP contribution in [0.4, 0.5) is 0 Å². The van der Waals surface area contributed by atoms with E-state index in [-0.39, 0.29) is 17.7 Å². The van der Waals surface area contributed by atoms with Gasteiger partial charge in [0.1, 0.15) is 5.78 Å². The zero-order valence-corrected chi connectivity index (χ0v) is 8.43. The quantitative estimate of drug-likeness (QED) is 0.765. The van der Waals surface area contributed by atoms with Gasteiger partial charge in [-0.3, -0.25) is 9.78 Å². The van der Waals surface area contributed by atoms with Gasteiger partial charge in [0.2, 0.25) is 0 Å². The summed E-state index contributed by atoms with van der Waals surface area (Å²) in [5.74, 6) is -0.00166. The molecule has 0 radical (unpaired) electrons. The van der Waals surface area contributed by atoms with Crippen molar-refractivity contribution in [1.29, 1.82) is 0 Å². The molecule has 1 aliphatic rings. The van der Waals surface area contributed by atoms with E-state index < -0.39 is 0 Å². The van der Waals surface area contributed by atoms with Crippen molar-refractivity contribution in [2.45, 2.75) is 12.5 Å². The molecule has 0 saturated carbocycles. The number of Topliss-reactive ketones (excluding diaryl/α,β-unsaturated/α-hetero) is 1. The Bertz CT molecular complexity index is 340. The number of ether oxygens (including phenoxy) is 1. The highest BCUT2D eigenvalue weighted by molar-refractivity contribution is 5.84. The van der Waals surface area contributed by atoms with Gasteiger partial charge in [-0.1, -0.05) is 6.07 Å². The van der Waals surface area contributed by atoms with E-state index in [0.717, 1.165) is 5.56 Å². The summed E-state index contributed by atoms with van der Waals surface area (Å²) in [6, 6.07) is 3.58. The largest absolute Gasteiger partial charge is 0.379 e. The SMILES string of the molecule is NC1COCC1C(=O)Cc1cccnc1. The Morgan fingerprint density at radius 2 is 2.47 bits per heavy atom. The van der Waals surface area contributed by atoms with E-state index in [2.05, 4.69) is 4.98 Å². The molecule has 4 heteroatoms. The van der Waals surface area contributed by atoms with Crippen LogP contribution in [0.1, 0.15) is 5.56 Å². The molecule has 0 aromatic carbocycles. The molecule has 2 atom stereocenters. The van der Waals surface area contributed by atoms with E-state index in [4.69, 9.17) is 10.5 Å². The lowest BCUT2D eigenvalue weighted by molar-refractivity contribution is -0.122. The Balaban J connectivity index is 1.98. The molecule has 15 heavy (non-hydrogen) atoms. The third-order valence-electron chi connectivity index (χ3n) is 2.64. The first kappa shape index (κ1) is 10.3. The Labute approximate surface area is 88.4 Å². The highest BCUT2D eigenvalue weighted by Gasteiger charge is 2.30. The van der Waals surface area contributed by atoms with Gasteiger partial charge >= 0.3 is 0 Å². The number of carbonyl (C=O) groups excluding carboxylic acids is 1. The summed E-state index contributed by atoms with van der Waals surface area (Å²) in [4.78, 5) is 15.8. The number of ketones is 1. The topological polar surface area (TPSA) is 65.2 Å². The number of rotatable bonds is 3. The predicted molar refractivity (Wildman–Crippen MR) is 55.2 cm³/mol. The summed E-state index contributed by atoms with van der Waals surface area (Å²) in [6.45, 7) is 0.948. The van der Waals surface area contributed by atoms with Gasteiger partial charge < -0.3 is 10.5 Å². The van der Waals surface area contributed by atoms with Gasteiger partial charge in [-0.2, -0.15) is 0 Å². The van der Waals surface area contributed by atoms with Gasteiger partial charge in [-0.05, 0) is 11.6 Å². The van der Waals surface area contributed by atoms with Gasteiger partial charge in [0, 0.05) is 24.9 Å². The maximum atomic E-state index is 11.8. The number of pyridine rings is 1. The van der Waals surface area contributed by atoms with Crippen molar-refractivity contribution in [2.24, 2.45) is 11.7 Å². The molecule has 4 nitrogen and oxygen atoms in total. The third-order valence-corrected chi connectivity index (χ3v) is 2.64. The monoisotopic (exact) mass is 206 g/mol. The van der Waals surface area contributed by atoms with Crippen molar-refractivity contribution in [3.8, 4) is 0 Å². The van der Waals surface area contributed by atoms with Crippen molar-refractivity contribution in [2.75, 3.05) is 13.2 Å². The van der Waals surface area contributed by atoms with Crippen LogP contribution in [0.5, 0.6) is 0 Å². The first-order chi connectivity index (χ1) is 7.27. The Morgan fingerprint density at radius 3 is 3.07 bits per heavy atom. The van der Waals surface area contributed by atoms with E-state index in [0.29, 0.717) is 19.6 Å². The Kier molecular flexibility index (Phi) is 3.08. The normalized spacial score (nSPS) is 25.4. The lowest BCUT2D eigenvalue weighted by atomic mass is 9.95. The van der Waals surface area contributed by atoms with Crippen molar-refractivity contribution in [3.05, 3.63) is 30.1 Å². The molecule has 1 fully saturated rings. The molecule has 0 spiro atoms. The molecule has 2 N–H and O–H groups in total. The zero-order valence-electron chi connectivity index (χ0n) is 8.43. The predicted octanol–water partition coefficient (Wildman–Crippen LogP) is 0.167. The number of aromatic nitrogens is 1. The summed E-state index contributed by atoms with van der Waals surface area (Å²) in [7, 11) is 0. The molecule has 80 valence electrons. The molecule has 0 aliphatic carbocycles. The summed E-state index contributed by atoms with van der Waals surface area (Å²) >= 11 is 0. The minimum Gasteiger partial charge on any atom is -0.379 e. The van der Waals surface area contributed by atoms with E-state index in [1.807, 2.05) is 12.1 Å². The van der Waals surface area contributed by atoms with Crippen LogP contribution in [-0.4, -0.2) is 30.0 Å². The number of nitrogens with zero attached hydrogens (tertiary/aromatic N) is 1. The minimum absolute atomic E-state index is 0.144. The fourth-order valence-corrected chi connectivity index (χ4v) is 1.74. The van der Waals surface area contributed by atoms with Crippen LogP contribution in [0.25, 0.3) is 0 Å². The fraction of sp³-hybridized carbons (Fsp3) is 0.455. The van der Waals surface area contributed by atoms with E-state index in [1.54, 1.807) is 12.4 Å². The second-order valence-corrected chi connectivity index (χ2v) is 3.81. The lowest BCUT2D eigenvalue weighted by Gasteiger charge is -2.11. The van der Waals surface area contributed by atoms with E-state index >= 15 is 0 Å². The maximum Gasteiger partial charge on any atom is 0.144 e. The lowest BCUT2D eigenvalue weighted by Crippen LogP contribution is -2.34. The molecule has 1 aliphatic heterocycles. The maximum absolute atomic E-state index is 11.8. The van der Waals surface area contributed by atoms with E-state index in [9.17, 15) is 4.79 Å². The van der Waals surface area contributed by atoms with Crippen molar-refractivity contribution in [3.63, 3.8) is 0 Å². The molecule has 1 saturated heterocycles. The van der Waals surface area contributed by atoms with Gasteiger partial charge in [-0.25, -0.2) is 0 Å². The molecular weight excluding hydrogens is 192 g/mol. The summed E-state index contributed by atoms with van der Waals surface area (Å²) in [5, 5.41) is 0. The Hall–Kier alpha value is -1.26. The fourth-order valence-electron chi connectivity index (χ4n) is 1.74. The molecule has 2 heterocycles. The molecule has 1 aromatic heterocycles. The highest BCUT2D eigenvalue weighted by atomic mass is 16.5. The number of carbonyl (C=O) groups is 1. The molecular formula is C11H14N2O2. The summed E-state index contributed by atoms with van der Waals surface area (Å²) in [5.41, 5.74) is 6.70. The second-order valence-electron chi connectivity index (χ2n) is 3.81. The van der Waals surface area contributed by atoms with Crippen LogP contribution in [0.3, 0.4) is 0 Å². The number of hydrogen-bond acceptors (Lipinski definition) is 4. The van der Waals surface area contributed by atoms with Gasteiger partial charge in [0.15, 0.2) is 0 Å². The third kappa shape index (κ3) is 2.40. The average Bonchev–Trinajstić information content (AvgIpc) is 2.66. The summed E-state index contributed by atoms with van der Waals surface area (Å²) in [6.07, 6.45) is 3.80. The number of hydrogen-bond donors (Lipinski definition) is 1. The number of nitrogens with two attached hydrogens (primary N) is 1. The molecule has 2 unspecified atom stereocenters. The van der Waals surface area contributed by atoms with Crippen LogP contribution in [0.15, 0.2) is 24.5 Å². The van der Waals surface area contributed by atoms with Crippen LogP contribution >= 0.6 is 0 Å². The molecule has 1 aromatic rings. The standard InChI is InChI=1S/C11H14N2O2/c12-10-7-15-6-9(10)11(14)4-8-2-1-3-13-5-8/h1-3,5,9-10H,4,6-7,12H2. The van der Waals surface area contributed by atoms with Crippen molar-refractivity contribution in [1.82, 2.24) is 4.98 Å². The highest BCUT2D eigenvalue weighted by Crippen LogP contribution is 2.15. The zero-order chi connectivity index (χ0) is 10.7. The smallest absolute Gasteiger partial charge is 0.144 e. The van der Waals surface area contributed by atoms with Crippen LogP contribution < -0.4 is 5.73 Å². The Morgan fingerprint density at radius 1 is 1.60 bits per heavy atom. The summed E-state index contributed by atoms with van der Waals surface area (Å²) < 4.78 is 5.17. The van der Waals surface area contributed by atoms with E-state index in [1.165, 1.54) is 0 Å². The van der Waals surface area contributed by atoms with Crippen LogP contribution in [0, 0.1) is 5.92 Å². The van der Waals surface area contributed by atoms with Crippen molar-refractivity contribution >= 4 is 5.78 Å². The first-order valence-electron chi connectivity index (χ1n) is 5.02. The van der Waals surface area contributed by atoms with Gasteiger partial charge in [-0.15, -0.1) is 0 Å². The molecule has 0 amide bonds. The average molecular weight is 206 g/mol. The second kappa shape index (κ2) is 4.51. The minimum atomic E-state index is -0.148. The van der Waals surface area contributed by atoms with Crippen molar-refractivity contribution < 1.29 is 9.53 Å². The molecule has 0 bridgehead atoms. The van der Waals surface area contributed by atoms with Crippen LogP contribution in [0.2, 0.25) is 0 Å². The molecule has 2 rings (SSSR count).